The van der Waals surface area contributed by atoms with E-state index in [1.807, 2.05) is 6.92 Å². The third-order valence-corrected chi connectivity index (χ3v) is 3.74. The number of nitrogens with one attached hydrogen (secondary N) is 1. The van der Waals surface area contributed by atoms with Crippen molar-refractivity contribution in [1.82, 2.24) is 5.32 Å². The number of carboxylic acid groups (broad SMARTS) is 1. The number of carbonyl (C=O) groups is 2. The first-order chi connectivity index (χ1) is 12.5. The molecule has 138 valence electrons. The third-order valence-electron chi connectivity index (χ3n) is 3.49. The number of hydrogen-bond donors (Lipinski definition) is 2. The number of ether oxygens (including phenoxy) is 2. The quantitative estimate of drug-likeness (QED) is 0.699. The van der Waals surface area contributed by atoms with Crippen molar-refractivity contribution in [2.45, 2.75) is 19.4 Å². The maximum atomic E-state index is 12.1. The van der Waals surface area contributed by atoms with E-state index in [4.69, 9.17) is 26.2 Å². The summed E-state index contributed by atoms with van der Waals surface area (Å²) in [5.41, 5.74) is 0.677. The number of carbonyl (C=O) groups excluding carboxylic acids is 1. The van der Waals surface area contributed by atoms with Crippen molar-refractivity contribution in [2.75, 3.05) is 13.2 Å². The van der Waals surface area contributed by atoms with Crippen LogP contribution in [0.15, 0.2) is 48.5 Å². The van der Waals surface area contributed by atoms with Gasteiger partial charge >= 0.3 is 5.97 Å². The molecule has 2 rings (SSSR count). The topological polar surface area (TPSA) is 84.9 Å². The second-order valence-corrected chi connectivity index (χ2v) is 5.90. The van der Waals surface area contributed by atoms with Gasteiger partial charge in [0.05, 0.1) is 19.1 Å². The Hall–Kier alpha value is -2.73. The zero-order valence-electron chi connectivity index (χ0n) is 14.3. The van der Waals surface area contributed by atoms with Crippen LogP contribution >= 0.6 is 11.6 Å². The Morgan fingerprint density at radius 3 is 2.19 bits per heavy atom. The molecule has 6 nitrogen and oxygen atoms in total. The Labute approximate surface area is 156 Å². The number of aliphatic carboxylic acids is 1. The Balaban J connectivity index is 1.98. The molecular weight excluding hydrogens is 358 g/mol. The monoisotopic (exact) mass is 377 g/mol. The normalized spacial score (nSPS) is 11.5. The van der Waals surface area contributed by atoms with E-state index in [9.17, 15) is 9.59 Å². The SMILES string of the molecule is CCOc1ccc([C@@H](CC(=O)O)NC(=O)COc2ccc(Cl)cc2)cc1. The van der Waals surface area contributed by atoms with Crippen molar-refractivity contribution < 1.29 is 24.2 Å². The second kappa shape index (κ2) is 9.68. The summed E-state index contributed by atoms with van der Waals surface area (Å²) in [6.45, 7) is 2.19. The third kappa shape index (κ3) is 6.29. The summed E-state index contributed by atoms with van der Waals surface area (Å²) in [6, 6.07) is 12.9. The molecular formula is C19H20ClNO5. The molecule has 0 unspecified atom stereocenters. The van der Waals surface area contributed by atoms with Gasteiger partial charge in [-0.3, -0.25) is 9.59 Å². The van der Waals surface area contributed by atoms with Crippen LogP contribution in [-0.4, -0.2) is 30.2 Å². The van der Waals surface area contributed by atoms with Crippen LogP contribution in [0.25, 0.3) is 0 Å². The van der Waals surface area contributed by atoms with Gasteiger partial charge in [-0.15, -0.1) is 0 Å². The second-order valence-electron chi connectivity index (χ2n) is 5.46. The van der Waals surface area contributed by atoms with E-state index in [1.54, 1.807) is 48.5 Å². The van der Waals surface area contributed by atoms with E-state index >= 15 is 0 Å². The number of carboxylic acids is 1. The smallest absolute Gasteiger partial charge is 0.305 e. The number of benzene rings is 2. The molecule has 2 aromatic rings. The highest BCUT2D eigenvalue weighted by Gasteiger charge is 2.18. The van der Waals surface area contributed by atoms with E-state index in [-0.39, 0.29) is 13.0 Å². The van der Waals surface area contributed by atoms with E-state index in [2.05, 4.69) is 5.32 Å². The van der Waals surface area contributed by atoms with Crippen LogP contribution in [0.1, 0.15) is 24.9 Å². The fourth-order valence-electron chi connectivity index (χ4n) is 2.31. The van der Waals surface area contributed by atoms with Crippen LogP contribution in [0.4, 0.5) is 0 Å². The van der Waals surface area contributed by atoms with Gasteiger partial charge in [0.2, 0.25) is 0 Å². The van der Waals surface area contributed by atoms with Crippen molar-refractivity contribution in [3.63, 3.8) is 0 Å². The summed E-state index contributed by atoms with van der Waals surface area (Å²) in [5.74, 6) is -0.244. The number of rotatable bonds is 9. The van der Waals surface area contributed by atoms with Crippen molar-refractivity contribution in [3.05, 3.63) is 59.1 Å². The Bertz CT molecular complexity index is 731. The van der Waals surface area contributed by atoms with E-state index < -0.39 is 17.9 Å². The lowest BCUT2D eigenvalue weighted by molar-refractivity contribution is -0.137. The van der Waals surface area contributed by atoms with Gasteiger partial charge in [0, 0.05) is 5.02 Å². The predicted octanol–water partition coefficient (Wildman–Crippen LogP) is 3.45. The van der Waals surface area contributed by atoms with Crippen LogP contribution in [0.3, 0.4) is 0 Å². The van der Waals surface area contributed by atoms with Gasteiger partial charge in [0.25, 0.3) is 5.91 Å². The highest BCUT2D eigenvalue weighted by molar-refractivity contribution is 6.30. The summed E-state index contributed by atoms with van der Waals surface area (Å²) >= 11 is 5.79. The van der Waals surface area contributed by atoms with E-state index in [0.717, 1.165) is 0 Å². The molecule has 0 aromatic heterocycles. The lowest BCUT2D eigenvalue weighted by atomic mass is 10.0. The molecule has 0 aliphatic heterocycles. The number of amides is 1. The van der Waals surface area contributed by atoms with Crippen molar-refractivity contribution in [3.8, 4) is 11.5 Å². The molecule has 2 N–H and O–H groups in total. The standard InChI is InChI=1S/C19H20ClNO5/c1-2-25-15-7-3-13(4-8-15)17(11-19(23)24)21-18(22)12-26-16-9-5-14(20)6-10-16/h3-10,17H,2,11-12H2,1H3,(H,21,22)(H,23,24)/t17-/m1/s1. The van der Waals surface area contributed by atoms with Gasteiger partial charge in [-0.2, -0.15) is 0 Å². The Kier molecular flexibility index (Phi) is 7.29. The zero-order valence-corrected chi connectivity index (χ0v) is 15.0. The number of halogens is 1. The molecule has 2 aromatic carbocycles. The van der Waals surface area contributed by atoms with Gasteiger partial charge in [0.15, 0.2) is 6.61 Å². The molecule has 0 radical (unpaired) electrons. The van der Waals surface area contributed by atoms with Gasteiger partial charge in [-0.25, -0.2) is 0 Å². The molecule has 1 atom stereocenters. The zero-order chi connectivity index (χ0) is 18.9. The maximum absolute atomic E-state index is 12.1. The van der Waals surface area contributed by atoms with Crippen molar-refractivity contribution in [2.24, 2.45) is 0 Å². The number of hydrogen-bond acceptors (Lipinski definition) is 4. The molecule has 0 bridgehead atoms. The van der Waals surface area contributed by atoms with E-state index in [0.29, 0.717) is 28.7 Å². The molecule has 0 heterocycles. The van der Waals surface area contributed by atoms with E-state index in [1.165, 1.54) is 0 Å². The average molecular weight is 378 g/mol. The van der Waals surface area contributed by atoms with Crippen LogP contribution < -0.4 is 14.8 Å². The van der Waals surface area contributed by atoms with Crippen LogP contribution in [0.5, 0.6) is 11.5 Å². The largest absolute Gasteiger partial charge is 0.494 e. The molecule has 26 heavy (non-hydrogen) atoms. The minimum Gasteiger partial charge on any atom is -0.494 e. The summed E-state index contributed by atoms with van der Waals surface area (Å²) < 4.78 is 10.7. The van der Waals surface area contributed by atoms with Crippen molar-refractivity contribution >= 4 is 23.5 Å². The molecule has 0 saturated heterocycles. The van der Waals surface area contributed by atoms with Crippen LogP contribution in [0, 0.1) is 0 Å². The first kappa shape index (κ1) is 19.6. The lowest BCUT2D eigenvalue weighted by Crippen LogP contribution is -2.33. The summed E-state index contributed by atoms with van der Waals surface area (Å²) in [4.78, 5) is 23.3. The molecule has 1 amide bonds. The summed E-state index contributed by atoms with van der Waals surface area (Å²) in [6.07, 6.45) is -0.235. The highest BCUT2D eigenvalue weighted by Crippen LogP contribution is 2.21. The minimum absolute atomic E-state index is 0.227. The van der Waals surface area contributed by atoms with Gasteiger partial charge in [0.1, 0.15) is 11.5 Å². The summed E-state index contributed by atoms with van der Waals surface area (Å²) in [7, 11) is 0. The van der Waals surface area contributed by atoms with Gasteiger partial charge < -0.3 is 19.9 Å². The first-order valence-electron chi connectivity index (χ1n) is 8.10. The van der Waals surface area contributed by atoms with Gasteiger partial charge in [-0.1, -0.05) is 23.7 Å². The lowest BCUT2D eigenvalue weighted by Gasteiger charge is -2.18. The Morgan fingerprint density at radius 1 is 1.04 bits per heavy atom. The fraction of sp³-hybridized carbons (Fsp3) is 0.263. The summed E-state index contributed by atoms with van der Waals surface area (Å²) in [5, 5.41) is 12.4. The van der Waals surface area contributed by atoms with Crippen LogP contribution in [-0.2, 0) is 9.59 Å². The first-order valence-corrected chi connectivity index (χ1v) is 8.48. The Morgan fingerprint density at radius 2 is 1.62 bits per heavy atom. The minimum atomic E-state index is -1.01. The van der Waals surface area contributed by atoms with Gasteiger partial charge in [-0.05, 0) is 48.9 Å². The maximum Gasteiger partial charge on any atom is 0.305 e. The molecule has 0 aliphatic carbocycles. The molecule has 7 heteroatoms. The molecule has 0 fully saturated rings. The predicted molar refractivity (Wildman–Crippen MR) is 97.7 cm³/mol. The van der Waals surface area contributed by atoms with Crippen molar-refractivity contribution in [1.29, 1.82) is 0 Å². The molecule has 0 aliphatic rings. The highest BCUT2D eigenvalue weighted by atomic mass is 35.5. The fourth-order valence-corrected chi connectivity index (χ4v) is 2.43. The molecule has 0 saturated carbocycles. The average Bonchev–Trinajstić information content (AvgIpc) is 2.61. The van der Waals surface area contributed by atoms with Crippen LogP contribution in [0.2, 0.25) is 5.02 Å². The molecule has 0 spiro atoms.